The highest BCUT2D eigenvalue weighted by Gasteiger charge is 2.32. The van der Waals surface area contributed by atoms with Crippen molar-refractivity contribution in [3.05, 3.63) is 11.4 Å². The molecule has 0 atom stereocenters. The lowest BCUT2D eigenvalue weighted by Gasteiger charge is -2.46. The third-order valence-corrected chi connectivity index (χ3v) is 4.44. The Kier molecular flexibility index (Phi) is 4.71. The summed E-state index contributed by atoms with van der Waals surface area (Å²) < 4.78 is 0. The number of hydrogen-bond donors (Lipinski definition) is 1. The number of nitrogens with one attached hydrogen (secondary N) is 1. The number of hydrogen-bond acceptors (Lipinski definition) is 5. The Labute approximate surface area is 128 Å². The van der Waals surface area contributed by atoms with E-state index < -0.39 is 0 Å². The van der Waals surface area contributed by atoms with E-state index in [0.717, 1.165) is 55.6 Å². The van der Waals surface area contributed by atoms with E-state index in [-0.39, 0.29) is 5.54 Å². The average Bonchev–Trinajstić information content (AvgIpc) is 2.44. The zero-order valence-electron chi connectivity index (χ0n) is 14.3. The van der Waals surface area contributed by atoms with Gasteiger partial charge in [0.05, 0.1) is 0 Å². The first-order valence-electron chi connectivity index (χ1n) is 7.96. The Morgan fingerprint density at radius 1 is 1.19 bits per heavy atom. The highest BCUT2D eigenvalue weighted by molar-refractivity contribution is 5.59. The van der Waals surface area contributed by atoms with Gasteiger partial charge in [-0.1, -0.05) is 6.92 Å². The molecule has 0 aromatic carbocycles. The maximum absolute atomic E-state index is 4.80. The van der Waals surface area contributed by atoms with Gasteiger partial charge in [-0.2, -0.15) is 0 Å². The Morgan fingerprint density at radius 2 is 1.90 bits per heavy atom. The molecule has 0 amide bonds. The van der Waals surface area contributed by atoms with Gasteiger partial charge >= 0.3 is 0 Å². The molecule has 5 nitrogen and oxygen atoms in total. The average molecular weight is 291 g/mol. The van der Waals surface area contributed by atoms with Gasteiger partial charge in [-0.25, -0.2) is 9.97 Å². The molecule has 21 heavy (non-hydrogen) atoms. The topological polar surface area (TPSA) is 44.3 Å². The lowest BCUT2D eigenvalue weighted by atomic mass is 9.99. The molecule has 0 unspecified atom stereocenters. The fourth-order valence-corrected chi connectivity index (χ4v) is 2.78. The van der Waals surface area contributed by atoms with Crippen LogP contribution in [0.5, 0.6) is 0 Å². The summed E-state index contributed by atoms with van der Waals surface area (Å²) in [6, 6.07) is 0. The number of anilines is 2. The molecule has 2 rings (SSSR count). The summed E-state index contributed by atoms with van der Waals surface area (Å²) in [6.07, 6.45) is 0.864. The van der Waals surface area contributed by atoms with Crippen LogP contribution in [0.3, 0.4) is 0 Å². The van der Waals surface area contributed by atoms with Crippen molar-refractivity contribution in [3.63, 3.8) is 0 Å². The minimum atomic E-state index is 0.167. The largest absolute Gasteiger partial charge is 0.370 e. The van der Waals surface area contributed by atoms with Crippen LogP contribution in [-0.2, 0) is 6.42 Å². The van der Waals surface area contributed by atoms with Crippen LogP contribution in [0.2, 0.25) is 0 Å². The van der Waals surface area contributed by atoms with Gasteiger partial charge in [0.25, 0.3) is 0 Å². The summed E-state index contributed by atoms with van der Waals surface area (Å²) in [6.45, 7) is 14.9. The number of likely N-dealkylation sites (N-methyl/N-ethyl adjacent to an activating group) is 1. The monoisotopic (exact) mass is 291 g/mol. The number of aryl methyl sites for hydroxylation is 1. The van der Waals surface area contributed by atoms with E-state index in [1.807, 2.05) is 0 Å². The molecule has 0 aliphatic carbocycles. The quantitative estimate of drug-likeness (QED) is 0.922. The first-order valence-corrected chi connectivity index (χ1v) is 7.96. The number of piperazine rings is 1. The van der Waals surface area contributed by atoms with Gasteiger partial charge in [0, 0.05) is 43.7 Å². The van der Waals surface area contributed by atoms with Gasteiger partial charge < -0.3 is 10.2 Å². The van der Waals surface area contributed by atoms with E-state index in [9.17, 15) is 0 Å². The van der Waals surface area contributed by atoms with E-state index in [2.05, 4.69) is 61.8 Å². The molecule has 1 aliphatic rings. The lowest BCUT2D eigenvalue weighted by molar-refractivity contribution is 0.138. The van der Waals surface area contributed by atoms with Gasteiger partial charge in [0.2, 0.25) is 0 Å². The Hall–Kier alpha value is -1.36. The Bertz CT molecular complexity index is 498. The summed E-state index contributed by atoms with van der Waals surface area (Å²) in [5, 5.41) is 3.37. The van der Waals surface area contributed by atoms with Crippen LogP contribution < -0.4 is 10.2 Å². The highest BCUT2D eigenvalue weighted by Crippen LogP contribution is 2.28. The molecule has 1 aromatic heterocycles. The smallest absolute Gasteiger partial charge is 0.137 e. The normalized spacial score (nSPS) is 18.9. The van der Waals surface area contributed by atoms with E-state index in [0.29, 0.717) is 0 Å². The molecule has 118 valence electrons. The van der Waals surface area contributed by atoms with E-state index in [1.54, 1.807) is 0 Å². The summed E-state index contributed by atoms with van der Waals surface area (Å²) in [7, 11) is 2.20. The molecule has 5 heteroatoms. The van der Waals surface area contributed by atoms with Crippen LogP contribution in [0.4, 0.5) is 11.6 Å². The fourth-order valence-electron chi connectivity index (χ4n) is 2.78. The van der Waals surface area contributed by atoms with Crippen LogP contribution >= 0.6 is 0 Å². The second-order valence-electron chi connectivity index (χ2n) is 6.48. The Morgan fingerprint density at radius 3 is 2.48 bits per heavy atom. The molecule has 0 saturated carbocycles. The lowest BCUT2D eigenvalue weighted by Crippen LogP contribution is -2.58. The third-order valence-electron chi connectivity index (χ3n) is 4.44. The molecule has 0 bridgehead atoms. The van der Waals surface area contributed by atoms with E-state index in [4.69, 9.17) is 4.98 Å². The molecule has 1 fully saturated rings. The first-order chi connectivity index (χ1) is 9.89. The van der Waals surface area contributed by atoms with Crippen molar-refractivity contribution in [2.75, 3.05) is 43.4 Å². The van der Waals surface area contributed by atoms with Gasteiger partial charge in [0.1, 0.15) is 17.5 Å². The van der Waals surface area contributed by atoms with Gasteiger partial charge in [-0.05, 0) is 34.7 Å². The first kappa shape index (κ1) is 16.0. The number of rotatable bonds is 4. The predicted octanol–water partition coefficient (Wildman–Crippen LogP) is 2.31. The minimum Gasteiger partial charge on any atom is -0.370 e. The van der Waals surface area contributed by atoms with Crippen LogP contribution in [0.1, 0.15) is 39.1 Å². The van der Waals surface area contributed by atoms with Gasteiger partial charge in [0.15, 0.2) is 0 Å². The maximum atomic E-state index is 4.80. The van der Waals surface area contributed by atoms with Crippen molar-refractivity contribution in [2.45, 2.75) is 46.6 Å². The third kappa shape index (κ3) is 3.28. The zero-order valence-corrected chi connectivity index (χ0v) is 14.3. The molecular weight excluding hydrogens is 262 g/mol. The summed E-state index contributed by atoms with van der Waals surface area (Å²) in [5.41, 5.74) is 1.33. The van der Waals surface area contributed by atoms with E-state index in [1.165, 1.54) is 0 Å². The standard InChI is InChI=1S/C16H29N5/c1-7-13-18-14(17-8-2)12(3)15(19-13)21-10-9-20(6)16(4,5)11-21/h7-11H2,1-6H3,(H,17,18,19). The number of aromatic nitrogens is 2. The molecule has 0 spiro atoms. The van der Waals surface area contributed by atoms with E-state index >= 15 is 0 Å². The predicted molar refractivity (Wildman–Crippen MR) is 89.2 cm³/mol. The maximum Gasteiger partial charge on any atom is 0.137 e. The van der Waals surface area contributed by atoms with Crippen molar-refractivity contribution >= 4 is 11.6 Å². The van der Waals surface area contributed by atoms with Crippen molar-refractivity contribution in [1.29, 1.82) is 0 Å². The molecule has 2 heterocycles. The molecule has 1 aliphatic heterocycles. The SMILES string of the molecule is CCNc1nc(CC)nc(N2CCN(C)C(C)(C)C2)c1C. The van der Waals surface area contributed by atoms with Crippen molar-refractivity contribution in [1.82, 2.24) is 14.9 Å². The van der Waals surface area contributed by atoms with Crippen LogP contribution in [-0.4, -0.2) is 53.6 Å². The fraction of sp³-hybridized carbons (Fsp3) is 0.750. The van der Waals surface area contributed by atoms with Crippen molar-refractivity contribution in [3.8, 4) is 0 Å². The molecule has 1 saturated heterocycles. The second kappa shape index (κ2) is 6.18. The molecule has 1 aromatic rings. The second-order valence-corrected chi connectivity index (χ2v) is 6.48. The van der Waals surface area contributed by atoms with Crippen LogP contribution in [0, 0.1) is 6.92 Å². The summed E-state index contributed by atoms with van der Waals surface area (Å²) >= 11 is 0. The highest BCUT2D eigenvalue weighted by atomic mass is 15.3. The summed E-state index contributed by atoms with van der Waals surface area (Å²) in [4.78, 5) is 14.3. The van der Waals surface area contributed by atoms with Crippen LogP contribution in [0.25, 0.3) is 0 Å². The van der Waals surface area contributed by atoms with Crippen molar-refractivity contribution < 1.29 is 0 Å². The number of nitrogens with zero attached hydrogens (tertiary/aromatic N) is 4. The molecular formula is C16H29N5. The van der Waals surface area contributed by atoms with Crippen molar-refractivity contribution in [2.24, 2.45) is 0 Å². The minimum absolute atomic E-state index is 0.167. The van der Waals surface area contributed by atoms with Crippen LogP contribution in [0.15, 0.2) is 0 Å². The zero-order chi connectivity index (χ0) is 15.6. The Balaban J connectivity index is 2.36. The molecule has 0 radical (unpaired) electrons. The molecule has 1 N–H and O–H groups in total. The van der Waals surface area contributed by atoms with Gasteiger partial charge in [-0.3, -0.25) is 4.90 Å². The summed E-state index contributed by atoms with van der Waals surface area (Å²) in [5.74, 6) is 3.00. The van der Waals surface area contributed by atoms with Gasteiger partial charge in [-0.15, -0.1) is 0 Å².